The number of halogens is 1. The van der Waals surface area contributed by atoms with Gasteiger partial charge in [0.05, 0.1) is 13.2 Å². The molecule has 1 unspecified atom stereocenters. The van der Waals surface area contributed by atoms with Gasteiger partial charge in [0.2, 0.25) is 0 Å². The summed E-state index contributed by atoms with van der Waals surface area (Å²) >= 11 is 3.55. The van der Waals surface area contributed by atoms with E-state index >= 15 is 0 Å². The smallest absolute Gasteiger partial charge is 0.118 e. The third-order valence-corrected chi connectivity index (χ3v) is 4.21. The standard InChI is InChI=1S/C17H20BrNO2/c1-12(15-5-3-4-6-16(15)18)19-11-17(20)13-7-9-14(21-2)10-8-13/h3-10,12,17,19-20H,11H2,1-2H3/t12-,17?/m0/s1. The summed E-state index contributed by atoms with van der Waals surface area (Å²) in [7, 11) is 1.63. The van der Waals surface area contributed by atoms with Crippen LogP contribution in [-0.4, -0.2) is 18.8 Å². The maximum Gasteiger partial charge on any atom is 0.118 e. The van der Waals surface area contributed by atoms with Gasteiger partial charge in [-0.05, 0) is 36.2 Å². The molecular formula is C17H20BrNO2. The van der Waals surface area contributed by atoms with Crippen molar-refractivity contribution in [2.45, 2.75) is 19.1 Å². The summed E-state index contributed by atoms with van der Waals surface area (Å²) < 4.78 is 6.19. The zero-order valence-corrected chi connectivity index (χ0v) is 13.8. The van der Waals surface area contributed by atoms with Crippen LogP contribution < -0.4 is 10.1 Å². The third-order valence-electron chi connectivity index (χ3n) is 3.49. The van der Waals surface area contributed by atoms with Crippen molar-refractivity contribution in [3.05, 3.63) is 64.1 Å². The Balaban J connectivity index is 1.94. The average Bonchev–Trinajstić information content (AvgIpc) is 2.52. The fourth-order valence-corrected chi connectivity index (χ4v) is 2.80. The molecule has 0 amide bonds. The number of nitrogens with one attached hydrogen (secondary N) is 1. The molecule has 112 valence electrons. The van der Waals surface area contributed by atoms with Gasteiger partial charge in [-0.2, -0.15) is 0 Å². The molecular weight excluding hydrogens is 330 g/mol. The summed E-state index contributed by atoms with van der Waals surface area (Å²) in [6.45, 7) is 2.58. The van der Waals surface area contributed by atoms with Crippen LogP contribution in [0.1, 0.15) is 30.2 Å². The lowest BCUT2D eigenvalue weighted by molar-refractivity contribution is 0.170. The van der Waals surface area contributed by atoms with E-state index in [4.69, 9.17) is 4.74 Å². The molecule has 0 heterocycles. The van der Waals surface area contributed by atoms with Gasteiger partial charge in [-0.3, -0.25) is 0 Å². The summed E-state index contributed by atoms with van der Waals surface area (Å²) in [5.41, 5.74) is 2.06. The van der Waals surface area contributed by atoms with Crippen LogP contribution in [0.5, 0.6) is 5.75 Å². The van der Waals surface area contributed by atoms with E-state index in [1.165, 1.54) is 5.56 Å². The molecule has 0 saturated carbocycles. The SMILES string of the molecule is COc1ccc(C(O)CN[C@@H](C)c2ccccc2Br)cc1. The van der Waals surface area contributed by atoms with Crippen molar-refractivity contribution in [3.63, 3.8) is 0 Å². The van der Waals surface area contributed by atoms with Crippen molar-refractivity contribution in [2.24, 2.45) is 0 Å². The lowest BCUT2D eigenvalue weighted by Crippen LogP contribution is -2.24. The van der Waals surface area contributed by atoms with Gasteiger partial charge in [-0.15, -0.1) is 0 Å². The molecule has 0 aliphatic rings. The molecule has 2 aromatic carbocycles. The van der Waals surface area contributed by atoms with E-state index in [2.05, 4.69) is 34.2 Å². The number of hydrogen-bond acceptors (Lipinski definition) is 3. The van der Waals surface area contributed by atoms with Crippen molar-refractivity contribution >= 4 is 15.9 Å². The van der Waals surface area contributed by atoms with Crippen molar-refractivity contribution in [1.29, 1.82) is 0 Å². The highest BCUT2D eigenvalue weighted by Crippen LogP contribution is 2.23. The van der Waals surface area contributed by atoms with Gasteiger partial charge in [0, 0.05) is 17.1 Å². The zero-order chi connectivity index (χ0) is 15.2. The van der Waals surface area contributed by atoms with E-state index in [1.807, 2.05) is 42.5 Å². The summed E-state index contributed by atoms with van der Waals surface area (Å²) in [6.07, 6.45) is -0.541. The van der Waals surface area contributed by atoms with Crippen molar-refractivity contribution in [1.82, 2.24) is 5.32 Å². The van der Waals surface area contributed by atoms with Crippen LogP contribution in [0.2, 0.25) is 0 Å². The van der Waals surface area contributed by atoms with E-state index < -0.39 is 6.10 Å². The number of aliphatic hydroxyl groups is 1. The van der Waals surface area contributed by atoms with Crippen LogP contribution in [0.3, 0.4) is 0 Å². The van der Waals surface area contributed by atoms with Crippen LogP contribution in [0.4, 0.5) is 0 Å². The first-order valence-corrected chi connectivity index (χ1v) is 7.71. The highest BCUT2D eigenvalue weighted by atomic mass is 79.9. The summed E-state index contributed by atoms with van der Waals surface area (Å²) in [5, 5.41) is 13.6. The molecule has 3 nitrogen and oxygen atoms in total. The van der Waals surface area contributed by atoms with Crippen LogP contribution >= 0.6 is 15.9 Å². The van der Waals surface area contributed by atoms with Gasteiger partial charge in [-0.25, -0.2) is 0 Å². The van der Waals surface area contributed by atoms with Crippen molar-refractivity contribution < 1.29 is 9.84 Å². The lowest BCUT2D eigenvalue weighted by atomic mass is 10.1. The van der Waals surface area contributed by atoms with Crippen molar-refractivity contribution in [3.8, 4) is 5.75 Å². The molecule has 21 heavy (non-hydrogen) atoms. The van der Waals surface area contributed by atoms with Crippen molar-refractivity contribution in [2.75, 3.05) is 13.7 Å². The molecule has 0 bridgehead atoms. The van der Waals surface area contributed by atoms with Crippen LogP contribution in [0.15, 0.2) is 53.0 Å². The highest BCUT2D eigenvalue weighted by Gasteiger charge is 2.12. The fraction of sp³-hybridized carbons (Fsp3) is 0.294. The monoisotopic (exact) mass is 349 g/mol. The Morgan fingerprint density at radius 1 is 1.14 bits per heavy atom. The minimum atomic E-state index is -0.541. The molecule has 0 aromatic heterocycles. The largest absolute Gasteiger partial charge is 0.497 e. The predicted molar refractivity (Wildman–Crippen MR) is 88.5 cm³/mol. The Morgan fingerprint density at radius 3 is 2.43 bits per heavy atom. The Kier molecular flexibility index (Phi) is 5.79. The minimum absolute atomic E-state index is 0.161. The van der Waals surface area contributed by atoms with Crippen LogP contribution in [0.25, 0.3) is 0 Å². The average molecular weight is 350 g/mol. The van der Waals surface area contributed by atoms with E-state index in [0.717, 1.165) is 15.8 Å². The number of aliphatic hydroxyl groups excluding tert-OH is 1. The molecule has 0 aliphatic heterocycles. The van der Waals surface area contributed by atoms with Gasteiger partial charge >= 0.3 is 0 Å². The quantitative estimate of drug-likeness (QED) is 0.832. The first-order valence-electron chi connectivity index (χ1n) is 6.91. The maximum atomic E-state index is 10.2. The fourth-order valence-electron chi connectivity index (χ4n) is 2.17. The maximum absolute atomic E-state index is 10.2. The topological polar surface area (TPSA) is 41.5 Å². The molecule has 0 radical (unpaired) electrons. The summed E-state index contributed by atoms with van der Waals surface area (Å²) in [5.74, 6) is 0.792. The number of methoxy groups -OCH3 is 1. The molecule has 2 rings (SSSR count). The number of hydrogen-bond donors (Lipinski definition) is 2. The second-order valence-corrected chi connectivity index (χ2v) is 5.79. The molecule has 2 atom stereocenters. The molecule has 0 spiro atoms. The zero-order valence-electron chi connectivity index (χ0n) is 12.2. The second kappa shape index (κ2) is 7.59. The Morgan fingerprint density at radius 2 is 1.81 bits per heavy atom. The summed E-state index contributed by atoms with van der Waals surface area (Å²) in [4.78, 5) is 0. The predicted octanol–water partition coefficient (Wildman–Crippen LogP) is 3.84. The number of rotatable bonds is 6. The van der Waals surface area contributed by atoms with E-state index in [0.29, 0.717) is 6.54 Å². The van der Waals surface area contributed by atoms with Gasteiger partial charge in [-0.1, -0.05) is 46.3 Å². The minimum Gasteiger partial charge on any atom is -0.497 e. The van der Waals surface area contributed by atoms with Gasteiger partial charge in [0.1, 0.15) is 5.75 Å². The number of ether oxygens (including phenoxy) is 1. The lowest BCUT2D eigenvalue weighted by Gasteiger charge is -2.19. The van der Waals surface area contributed by atoms with E-state index in [9.17, 15) is 5.11 Å². The van der Waals surface area contributed by atoms with Crippen LogP contribution in [-0.2, 0) is 0 Å². The van der Waals surface area contributed by atoms with Gasteiger partial charge in [0.25, 0.3) is 0 Å². The normalized spacial score (nSPS) is 13.7. The van der Waals surface area contributed by atoms with Gasteiger partial charge in [0.15, 0.2) is 0 Å². The molecule has 0 saturated heterocycles. The highest BCUT2D eigenvalue weighted by molar-refractivity contribution is 9.10. The third kappa shape index (κ3) is 4.30. The number of benzene rings is 2. The first-order chi connectivity index (χ1) is 10.1. The summed E-state index contributed by atoms with van der Waals surface area (Å²) in [6, 6.07) is 15.7. The second-order valence-electron chi connectivity index (χ2n) is 4.94. The molecule has 2 aromatic rings. The van der Waals surface area contributed by atoms with E-state index in [-0.39, 0.29) is 6.04 Å². The molecule has 4 heteroatoms. The Labute approximate surface area is 134 Å². The molecule has 2 N–H and O–H groups in total. The molecule has 0 aliphatic carbocycles. The first kappa shape index (κ1) is 16.0. The Hall–Kier alpha value is -1.36. The molecule has 0 fully saturated rings. The van der Waals surface area contributed by atoms with Crippen LogP contribution in [0, 0.1) is 0 Å². The van der Waals surface area contributed by atoms with E-state index in [1.54, 1.807) is 7.11 Å². The van der Waals surface area contributed by atoms with Gasteiger partial charge < -0.3 is 15.2 Å². The Bertz CT molecular complexity index is 571.